The summed E-state index contributed by atoms with van der Waals surface area (Å²) in [6, 6.07) is 12.7. The average Bonchev–Trinajstić information content (AvgIpc) is 2.74. The average molecular weight is 407 g/mol. The molecule has 0 bridgehead atoms. The molecule has 8 heteroatoms. The van der Waals surface area contributed by atoms with E-state index in [4.69, 9.17) is 14.2 Å². The third-order valence-electron chi connectivity index (χ3n) is 3.95. The third kappa shape index (κ3) is 7.48. The monoisotopic (exact) mass is 407 g/mol. The fraction of sp³-hybridized carbons (Fsp3) is 0.381. The molecule has 6 nitrogen and oxygen atoms in total. The summed E-state index contributed by atoms with van der Waals surface area (Å²) in [5, 5.41) is 6.44. The molecule has 0 saturated carbocycles. The molecule has 0 fully saturated rings. The molecule has 2 rings (SSSR count). The molecule has 0 aromatic heterocycles. The Labute approximate surface area is 169 Å². The maximum Gasteiger partial charge on any atom is 0.272 e. The van der Waals surface area contributed by atoms with Crippen LogP contribution in [0, 0.1) is 0 Å². The topological polar surface area (TPSA) is 64.1 Å². The van der Waals surface area contributed by atoms with Crippen LogP contribution in [-0.4, -0.2) is 39.8 Å². The maximum absolute atomic E-state index is 12.3. The van der Waals surface area contributed by atoms with Crippen molar-refractivity contribution in [1.29, 1.82) is 0 Å². The van der Waals surface area contributed by atoms with Crippen LogP contribution >= 0.6 is 0 Å². The summed E-state index contributed by atoms with van der Waals surface area (Å²) in [6.07, 6.45) is -2.50. The first-order valence-corrected chi connectivity index (χ1v) is 9.28. The number of methoxy groups -OCH3 is 2. The van der Waals surface area contributed by atoms with Crippen molar-refractivity contribution in [2.45, 2.75) is 26.4 Å². The Morgan fingerprint density at radius 2 is 1.79 bits per heavy atom. The molecular formula is C21H27F2N3O3. The van der Waals surface area contributed by atoms with Crippen molar-refractivity contribution in [2.24, 2.45) is 4.99 Å². The van der Waals surface area contributed by atoms with Crippen molar-refractivity contribution in [3.63, 3.8) is 0 Å². The molecule has 0 heterocycles. The summed E-state index contributed by atoms with van der Waals surface area (Å²) in [6.45, 7) is 2.99. The number of aliphatic imine (C=N–C) groups is 1. The first-order chi connectivity index (χ1) is 14.0. The Bertz CT molecular complexity index is 800. The first kappa shape index (κ1) is 22.3. The van der Waals surface area contributed by atoms with E-state index < -0.39 is 13.0 Å². The van der Waals surface area contributed by atoms with Gasteiger partial charge in [-0.05, 0) is 42.3 Å². The van der Waals surface area contributed by atoms with Crippen LogP contribution in [0.4, 0.5) is 8.78 Å². The number of ether oxygens (including phenoxy) is 3. The number of halogens is 2. The maximum atomic E-state index is 12.3. The molecular weight excluding hydrogens is 380 g/mol. The van der Waals surface area contributed by atoms with Gasteiger partial charge in [-0.3, -0.25) is 0 Å². The quantitative estimate of drug-likeness (QED) is 0.465. The van der Waals surface area contributed by atoms with Crippen molar-refractivity contribution in [2.75, 3.05) is 27.4 Å². The van der Waals surface area contributed by atoms with Gasteiger partial charge in [0.05, 0.1) is 20.8 Å². The number of benzene rings is 2. The number of hydrogen-bond donors (Lipinski definition) is 2. The summed E-state index contributed by atoms with van der Waals surface area (Å²) in [5.41, 5.74) is 1.87. The molecule has 0 amide bonds. The van der Waals surface area contributed by atoms with Gasteiger partial charge in [0, 0.05) is 13.1 Å². The molecule has 0 saturated heterocycles. The van der Waals surface area contributed by atoms with Crippen molar-refractivity contribution in [1.82, 2.24) is 10.6 Å². The van der Waals surface area contributed by atoms with Gasteiger partial charge in [-0.15, -0.1) is 0 Å². The predicted molar refractivity (Wildman–Crippen MR) is 109 cm³/mol. The molecule has 29 heavy (non-hydrogen) atoms. The molecule has 0 spiro atoms. The van der Waals surface area contributed by atoms with Crippen molar-refractivity contribution in [3.05, 3.63) is 53.6 Å². The molecule has 0 aliphatic heterocycles. The Hall–Kier alpha value is -3.03. The number of nitrogens with zero attached hydrogens (tertiary/aromatic N) is 1. The van der Waals surface area contributed by atoms with Gasteiger partial charge in [-0.25, -0.2) is 13.8 Å². The molecule has 2 N–H and O–H groups in total. The van der Waals surface area contributed by atoms with Crippen molar-refractivity contribution >= 4 is 5.96 Å². The Kier molecular flexibility index (Phi) is 9.01. The summed E-state index contributed by atoms with van der Waals surface area (Å²) >= 11 is 0. The summed E-state index contributed by atoms with van der Waals surface area (Å²) in [4.78, 5) is 4.55. The molecule has 0 unspecified atom stereocenters. The summed E-state index contributed by atoms with van der Waals surface area (Å²) in [5.74, 6) is 2.38. The fourth-order valence-corrected chi connectivity index (χ4v) is 2.58. The highest BCUT2D eigenvalue weighted by molar-refractivity contribution is 5.79. The van der Waals surface area contributed by atoms with Crippen molar-refractivity contribution in [3.8, 4) is 17.2 Å². The second kappa shape index (κ2) is 11.7. The van der Waals surface area contributed by atoms with Crippen LogP contribution in [0.2, 0.25) is 0 Å². The van der Waals surface area contributed by atoms with Gasteiger partial charge in [0.25, 0.3) is 6.43 Å². The van der Waals surface area contributed by atoms with Gasteiger partial charge < -0.3 is 24.8 Å². The van der Waals surface area contributed by atoms with Gasteiger partial charge in [-0.1, -0.05) is 18.2 Å². The predicted octanol–water partition coefficient (Wildman–Crippen LogP) is 3.60. The van der Waals surface area contributed by atoms with E-state index in [1.165, 1.54) is 0 Å². The zero-order valence-electron chi connectivity index (χ0n) is 16.9. The minimum atomic E-state index is -2.50. The summed E-state index contributed by atoms with van der Waals surface area (Å²) in [7, 11) is 3.19. The SMILES string of the molecule is CCNC(=NCc1cccc(OCC(F)F)c1)NCc1ccc(OC)c(OC)c1. The highest BCUT2D eigenvalue weighted by atomic mass is 19.3. The second-order valence-corrected chi connectivity index (χ2v) is 6.09. The number of guanidine groups is 1. The lowest BCUT2D eigenvalue weighted by atomic mass is 10.2. The molecule has 2 aromatic rings. The standard InChI is InChI=1S/C21H27F2N3O3/c1-4-24-21(26-13-16-8-9-18(27-2)19(11-16)28-3)25-12-15-6-5-7-17(10-15)29-14-20(22)23/h5-11,20H,4,12-14H2,1-3H3,(H2,24,25,26). The second-order valence-electron chi connectivity index (χ2n) is 6.09. The minimum absolute atomic E-state index is 0.382. The van der Waals surface area contributed by atoms with Crippen LogP contribution in [0.5, 0.6) is 17.2 Å². The lowest BCUT2D eigenvalue weighted by Crippen LogP contribution is -2.36. The third-order valence-corrected chi connectivity index (χ3v) is 3.95. The molecule has 2 aromatic carbocycles. The van der Waals surface area contributed by atoms with Crippen LogP contribution in [0.25, 0.3) is 0 Å². The van der Waals surface area contributed by atoms with E-state index in [9.17, 15) is 8.78 Å². The van der Waals surface area contributed by atoms with Gasteiger partial charge >= 0.3 is 0 Å². The van der Waals surface area contributed by atoms with Gasteiger partial charge in [-0.2, -0.15) is 0 Å². The highest BCUT2D eigenvalue weighted by Crippen LogP contribution is 2.27. The molecule has 0 radical (unpaired) electrons. The normalized spacial score (nSPS) is 11.3. The van der Waals surface area contributed by atoms with E-state index in [0.29, 0.717) is 42.8 Å². The van der Waals surface area contributed by atoms with E-state index in [2.05, 4.69) is 15.6 Å². The van der Waals surface area contributed by atoms with Gasteiger partial charge in [0.15, 0.2) is 17.5 Å². The Morgan fingerprint density at radius 3 is 2.48 bits per heavy atom. The first-order valence-electron chi connectivity index (χ1n) is 9.28. The zero-order chi connectivity index (χ0) is 21.1. The van der Waals surface area contributed by atoms with Crippen molar-refractivity contribution < 1.29 is 23.0 Å². The van der Waals surface area contributed by atoms with E-state index >= 15 is 0 Å². The number of rotatable bonds is 10. The number of nitrogens with one attached hydrogen (secondary N) is 2. The number of hydrogen-bond acceptors (Lipinski definition) is 4. The smallest absolute Gasteiger partial charge is 0.272 e. The fourth-order valence-electron chi connectivity index (χ4n) is 2.58. The lowest BCUT2D eigenvalue weighted by Gasteiger charge is -2.13. The van der Waals surface area contributed by atoms with Gasteiger partial charge in [0.1, 0.15) is 12.4 Å². The molecule has 0 aliphatic rings. The minimum Gasteiger partial charge on any atom is -0.493 e. The van der Waals surface area contributed by atoms with Gasteiger partial charge in [0.2, 0.25) is 0 Å². The van der Waals surface area contributed by atoms with E-state index in [1.54, 1.807) is 32.4 Å². The summed E-state index contributed by atoms with van der Waals surface area (Å²) < 4.78 is 40.2. The van der Waals surface area contributed by atoms with Crippen LogP contribution in [-0.2, 0) is 13.1 Å². The largest absolute Gasteiger partial charge is 0.493 e. The molecule has 158 valence electrons. The number of alkyl halides is 2. The van der Waals surface area contributed by atoms with E-state index in [-0.39, 0.29) is 0 Å². The lowest BCUT2D eigenvalue weighted by molar-refractivity contribution is 0.0818. The van der Waals surface area contributed by atoms with E-state index in [1.807, 2.05) is 31.2 Å². The Morgan fingerprint density at radius 1 is 1.00 bits per heavy atom. The molecule has 0 aliphatic carbocycles. The molecule has 0 atom stereocenters. The van der Waals surface area contributed by atoms with Crippen LogP contribution in [0.3, 0.4) is 0 Å². The van der Waals surface area contributed by atoms with Crippen LogP contribution in [0.1, 0.15) is 18.1 Å². The van der Waals surface area contributed by atoms with E-state index in [0.717, 1.165) is 11.1 Å². The van der Waals surface area contributed by atoms with Crippen LogP contribution in [0.15, 0.2) is 47.5 Å². The van der Waals surface area contributed by atoms with Crippen LogP contribution < -0.4 is 24.8 Å². The Balaban J connectivity index is 2.00. The highest BCUT2D eigenvalue weighted by Gasteiger charge is 2.06. The zero-order valence-corrected chi connectivity index (χ0v) is 16.9.